The van der Waals surface area contributed by atoms with Crippen LogP contribution in [0, 0.1) is 21.7 Å². The Morgan fingerprint density at radius 2 is 1.93 bits per heavy atom. The predicted molar refractivity (Wildman–Crippen MR) is 44.2 cm³/mol. The molecule has 4 nitrogen and oxygen atoms in total. The van der Waals surface area contributed by atoms with E-state index in [-0.39, 0.29) is 6.61 Å². The molecule has 76 valence electrons. The van der Waals surface area contributed by atoms with Crippen LogP contribution in [0.15, 0.2) is 12.1 Å². The molecule has 0 heterocycles. The smallest absolute Gasteiger partial charge is 0.275 e. The lowest BCUT2D eigenvalue weighted by Crippen LogP contribution is -1.99. The van der Waals surface area contributed by atoms with Crippen molar-refractivity contribution in [3.8, 4) is 5.75 Å². The van der Waals surface area contributed by atoms with Gasteiger partial charge in [-0.3, -0.25) is 10.1 Å². The minimum absolute atomic E-state index is 0.0889. The van der Waals surface area contributed by atoms with Crippen molar-refractivity contribution >= 4 is 5.69 Å². The molecule has 0 bridgehead atoms. The number of nitrogens with zero attached hydrogens (tertiary/aromatic N) is 1. The van der Waals surface area contributed by atoms with Gasteiger partial charge in [0.1, 0.15) is 0 Å². The predicted octanol–water partition coefficient (Wildman–Crippen LogP) is 2.27. The highest BCUT2D eigenvalue weighted by molar-refractivity contribution is 5.39. The third kappa shape index (κ3) is 1.95. The molecule has 14 heavy (non-hydrogen) atoms. The van der Waals surface area contributed by atoms with Crippen molar-refractivity contribution in [2.75, 3.05) is 6.61 Å². The van der Waals surface area contributed by atoms with Crippen molar-refractivity contribution in [2.45, 2.75) is 6.92 Å². The highest BCUT2D eigenvalue weighted by Crippen LogP contribution is 2.26. The molecule has 0 amide bonds. The van der Waals surface area contributed by atoms with Gasteiger partial charge in [-0.25, -0.2) is 8.78 Å². The quantitative estimate of drug-likeness (QED) is 0.559. The Morgan fingerprint density at radius 1 is 1.43 bits per heavy atom. The molecule has 0 aliphatic carbocycles. The van der Waals surface area contributed by atoms with Gasteiger partial charge in [0.05, 0.1) is 23.7 Å². The van der Waals surface area contributed by atoms with Crippen molar-refractivity contribution in [3.05, 3.63) is 33.9 Å². The Balaban J connectivity index is 3.18. The van der Waals surface area contributed by atoms with E-state index in [4.69, 9.17) is 0 Å². The Kier molecular flexibility index (Phi) is 2.95. The maximum Gasteiger partial charge on any atom is 0.275 e. The third-order valence-electron chi connectivity index (χ3n) is 1.48. The van der Waals surface area contributed by atoms with Crippen LogP contribution >= 0.6 is 0 Å². The zero-order valence-corrected chi connectivity index (χ0v) is 7.29. The Morgan fingerprint density at radius 3 is 2.29 bits per heavy atom. The normalized spacial score (nSPS) is 9.93. The first-order valence-corrected chi connectivity index (χ1v) is 3.82. The maximum absolute atomic E-state index is 13.0. The molecular formula is C8H7F2NO3. The van der Waals surface area contributed by atoms with Crippen molar-refractivity contribution in [2.24, 2.45) is 0 Å². The molecule has 1 aromatic carbocycles. The molecular weight excluding hydrogens is 196 g/mol. The van der Waals surface area contributed by atoms with Crippen molar-refractivity contribution < 1.29 is 18.4 Å². The van der Waals surface area contributed by atoms with Gasteiger partial charge < -0.3 is 4.74 Å². The topological polar surface area (TPSA) is 52.4 Å². The van der Waals surface area contributed by atoms with Crippen LogP contribution in [0.5, 0.6) is 5.75 Å². The van der Waals surface area contributed by atoms with Crippen LogP contribution in [0.3, 0.4) is 0 Å². The average molecular weight is 203 g/mol. The molecule has 1 rings (SSSR count). The number of nitro groups is 1. The van der Waals surface area contributed by atoms with E-state index in [1.54, 1.807) is 6.92 Å². The Hall–Kier alpha value is -1.72. The second kappa shape index (κ2) is 3.99. The van der Waals surface area contributed by atoms with E-state index >= 15 is 0 Å². The Bertz CT molecular complexity index is 345. The summed E-state index contributed by atoms with van der Waals surface area (Å²) in [5.74, 6) is -2.73. The van der Waals surface area contributed by atoms with Gasteiger partial charge in [-0.05, 0) is 6.92 Å². The number of nitro benzene ring substituents is 1. The number of ether oxygens (including phenoxy) is 1. The van der Waals surface area contributed by atoms with Gasteiger partial charge in [0.2, 0.25) is 0 Å². The summed E-state index contributed by atoms with van der Waals surface area (Å²) in [5, 5.41) is 10.2. The number of hydrogen-bond donors (Lipinski definition) is 0. The van der Waals surface area contributed by atoms with E-state index in [0.717, 1.165) is 0 Å². The minimum atomic E-state index is -1.07. The summed E-state index contributed by atoms with van der Waals surface area (Å²) in [6, 6.07) is 1.24. The first-order valence-electron chi connectivity index (χ1n) is 3.82. The van der Waals surface area contributed by atoms with E-state index in [1.165, 1.54) is 0 Å². The first-order chi connectivity index (χ1) is 6.56. The fourth-order valence-corrected chi connectivity index (χ4v) is 0.934. The first kappa shape index (κ1) is 10.4. The van der Waals surface area contributed by atoms with Crippen LogP contribution in [0.4, 0.5) is 14.5 Å². The van der Waals surface area contributed by atoms with E-state index in [1.807, 2.05) is 0 Å². The van der Waals surface area contributed by atoms with E-state index in [9.17, 15) is 18.9 Å². The van der Waals surface area contributed by atoms with Crippen LogP contribution in [0.2, 0.25) is 0 Å². The van der Waals surface area contributed by atoms with Crippen LogP contribution in [-0.2, 0) is 0 Å². The van der Waals surface area contributed by atoms with Crippen LogP contribution in [-0.4, -0.2) is 11.5 Å². The van der Waals surface area contributed by atoms with E-state index < -0.39 is 28.0 Å². The van der Waals surface area contributed by atoms with Gasteiger partial charge in [0.25, 0.3) is 5.69 Å². The average Bonchev–Trinajstić information content (AvgIpc) is 2.10. The number of rotatable bonds is 3. The summed E-state index contributed by atoms with van der Waals surface area (Å²) in [5.41, 5.74) is -0.636. The summed E-state index contributed by atoms with van der Waals surface area (Å²) < 4.78 is 30.6. The molecule has 0 radical (unpaired) electrons. The van der Waals surface area contributed by atoms with Crippen molar-refractivity contribution in [1.29, 1.82) is 0 Å². The number of halogens is 2. The Labute approximate surface area is 78.3 Å². The standard InChI is InChI=1S/C8H7F2NO3/c1-2-14-8-6(9)3-5(11(12)13)4-7(8)10/h3-4H,2H2,1H3. The molecule has 0 unspecified atom stereocenters. The van der Waals surface area contributed by atoms with E-state index in [2.05, 4.69) is 4.74 Å². The summed E-state index contributed by atoms with van der Waals surface area (Å²) in [6.45, 7) is 1.64. The molecule has 0 aromatic heterocycles. The zero-order valence-electron chi connectivity index (χ0n) is 7.29. The lowest BCUT2D eigenvalue weighted by atomic mass is 10.3. The molecule has 0 aliphatic rings. The number of benzene rings is 1. The molecule has 0 N–H and O–H groups in total. The van der Waals surface area contributed by atoms with Gasteiger partial charge in [-0.15, -0.1) is 0 Å². The molecule has 0 atom stereocenters. The monoisotopic (exact) mass is 203 g/mol. The van der Waals surface area contributed by atoms with Gasteiger partial charge in [0.15, 0.2) is 17.4 Å². The van der Waals surface area contributed by atoms with Gasteiger partial charge in [-0.1, -0.05) is 0 Å². The molecule has 0 saturated heterocycles. The summed E-state index contributed by atoms with van der Waals surface area (Å²) >= 11 is 0. The van der Waals surface area contributed by atoms with Crippen LogP contribution < -0.4 is 4.74 Å². The minimum Gasteiger partial charge on any atom is -0.488 e. The largest absolute Gasteiger partial charge is 0.488 e. The SMILES string of the molecule is CCOc1c(F)cc([N+](=O)[O-])cc1F. The highest BCUT2D eigenvalue weighted by atomic mass is 19.1. The molecule has 0 saturated carbocycles. The fourth-order valence-electron chi connectivity index (χ4n) is 0.934. The fraction of sp³-hybridized carbons (Fsp3) is 0.250. The lowest BCUT2D eigenvalue weighted by Gasteiger charge is -2.04. The number of hydrogen-bond acceptors (Lipinski definition) is 3. The molecule has 0 spiro atoms. The van der Waals surface area contributed by atoms with E-state index in [0.29, 0.717) is 12.1 Å². The molecule has 0 aliphatic heterocycles. The third-order valence-corrected chi connectivity index (χ3v) is 1.48. The van der Waals surface area contributed by atoms with Crippen molar-refractivity contribution in [1.82, 2.24) is 0 Å². The lowest BCUT2D eigenvalue weighted by molar-refractivity contribution is -0.385. The second-order valence-electron chi connectivity index (χ2n) is 2.43. The van der Waals surface area contributed by atoms with Gasteiger partial charge in [0, 0.05) is 0 Å². The van der Waals surface area contributed by atoms with Crippen molar-refractivity contribution in [3.63, 3.8) is 0 Å². The van der Waals surface area contributed by atoms with Gasteiger partial charge >= 0.3 is 0 Å². The van der Waals surface area contributed by atoms with Crippen LogP contribution in [0.25, 0.3) is 0 Å². The second-order valence-corrected chi connectivity index (χ2v) is 2.43. The van der Waals surface area contributed by atoms with Gasteiger partial charge in [-0.2, -0.15) is 0 Å². The van der Waals surface area contributed by atoms with Crippen LogP contribution in [0.1, 0.15) is 6.92 Å². The molecule has 6 heteroatoms. The maximum atomic E-state index is 13.0. The highest BCUT2D eigenvalue weighted by Gasteiger charge is 2.17. The molecule has 0 fully saturated rings. The number of non-ortho nitro benzene ring substituents is 1. The zero-order chi connectivity index (χ0) is 10.7. The summed E-state index contributed by atoms with van der Waals surface area (Å²) in [4.78, 5) is 9.33. The summed E-state index contributed by atoms with van der Waals surface area (Å²) in [6.07, 6.45) is 0. The molecule has 1 aromatic rings. The summed E-state index contributed by atoms with van der Waals surface area (Å²) in [7, 11) is 0.